The molecule has 0 saturated carbocycles. The molecule has 1 aromatic heterocycles. The summed E-state index contributed by atoms with van der Waals surface area (Å²) in [4.78, 5) is 4.17. The Bertz CT molecular complexity index is 476. The van der Waals surface area contributed by atoms with Crippen LogP contribution >= 0.6 is 0 Å². The largest absolute Gasteiger partial charge is 0.487 e. The van der Waals surface area contributed by atoms with Crippen molar-refractivity contribution >= 4 is 0 Å². The lowest BCUT2D eigenvalue weighted by Gasteiger charge is -2.06. The van der Waals surface area contributed by atoms with Gasteiger partial charge in [0.2, 0.25) is 0 Å². The molecule has 0 saturated heterocycles. The molecule has 0 unspecified atom stereocenters. The second kappa shape index (κ2) is 4.35. The van der Waals surface area contributed by atoms with Gasteiger partial charge < -0.3 is 9.30 Å². The van der Waals surface area contributed by atoms with Crippen LogP contribution < -0.4 is 4.74 Å². The van der Waals surface area contributed by atoms with Crippen molar-refractivity contribution in [1.29, 1.82) is 0 Å². The Kier molecular flexibility index (Phi) is 2.90. The maximum atomic E-state index is 12.6. The van der Waals surface area contributed by atoms with Crippen LogP contribution in [0.15, 0.2) is 30.5 Å². The molecule has 0 N–H and O–H groups in total. The van der Waals surface area contributed by atoms with Gasteiger partial charge in [-0.1, -0.05) is 0 Å². The minimum Gasteiger partial charge on any atom is -0.487 e. The van der Waals surface area contributed by atoms with Gasteiger partial charge in [-0.15, -0.1) is 0 Å². The predicted molar refractivity (Wildman–Crippen MR) is 58.7 cm³/mol. The summed E-state index contributed by atoms with van der Waals surface area (Å²) in [7, 11) is 1.94. The van der Waals surface area contributed by atoms with Crippen LogP contribution in [0.2, 0.25) is 0 Å². The Labute approximate surface area is 93.5 Å². The van der Waals surface area contributed by atoms with Crippen LogP contribution in [0.5, 0.6) is 5.75 Å². The maximum absolute atomic E-state index is 12.6. The summed E-state index contributed by atoms with van der Waals surface area (Å²) in [6.45, 7) is 2.37. The lowest BCUT2D eigenvalue weighted by atomic mass is 10.3. The van der Waals surface area contributed by atoms with Gasteiger partial charge in [0.05, 0.1) is 11.9 Å². The first-order chi connectivity index (χ1) is 7.66. The smallest absolute Gasteiger partial charge is 0.130 e. The Morgan fingerprint density at radius 3 is 2.56 bits per heavy atom. The molecule has 0 aliphatic rings. The fourth-order valence-corrected chi connectivity index (χ4v) is 1.37. The molecule has 1 aromatic carbocycles. The zero-order valence-corrected chi connectivity index (χ0v) is 9.27. The number of nitrogens with zero attached hydrogens (tertiary/aromatic N) is 2. The van der Waals surface area contributed by atoms with E-state index in [9.17, 15) is 4.39 Å². The van der Waals surface area contributed by atoms with E-state index in [1.54, 1.807) is 18.3 Å². The van der Waals surface area contributed by atoms with Crippen molar-refractivity contribution in [2.24, 2.45) is 7.05 Å². The second-order valence-corrected chi connectivity index (χ2v) is 3.60. The Hall–Kier alpha value is -1.84. The van der Waals surface area contributed by atoms with E-state index in [-0.39, 0.29) is 5.82 Å². The van der Waals surface area contributed by atoms with E-state index in [1.165, 1.54) is 12.1 Å². The van der Waals surface area contributed by atoms with Crippen molar-refractivity contribution in [3.8, 4) is 5.75 Å². The number of aromatic nitrogens is 2. The van der Waals surface area contributed by atoms with Gasteiger partial charge in [-0.25, -0.2) is 9.37 Å². The van der Waals surface area contributed by atoms with Crippen LogP contribution in [0.1, 0.15) is 11.5 Å². The number of ether oxygens (including phenoxy) is 1. The fraction of sp³-hybridized carbons (Fsp3) is 0.250. The van der Waals surface area contributed by atoms with Crippen molar-refractivity contribution in [2.75, 3.05) is 0 Å². The minimum atomic E-state index is -0.260. The van der Waals surface area contributed by atoms with Gasteiger partial charge in [-0.3, -0.25) is 0 Å². The quantitative estimate of drug-likeness (QED) is 0.794. The summed E-state index contributed by atoms with van der Waals surface area (Å²) < 4.78 is 20.1. The van der Waals surface area contributed by atoms with E-state index < -0.39 is 0 Å². The molecule has 0 amide bonds. The number of imidazole rings is 1. The molecule has 0 aliphatic heterocycles. The van der Waals surface area contributed by atoms with E-state index in [0.717, 1.165) is 11.5 Å². The van der Waals surface area contributed by atoms with Crippen LogP contribution in [-0.2, 0) is 13.7 Å². The van der Waals surface area contributed by atoms with Crippen molar-refractivity contribution in [1.82, 2.24) is 9.55 Å². The fourth-order valence-electron chi connectivity index (χ4n) is 1.37. The van der Waals surface area contributed by atoms with Crippen LogP contribution in [0.4, 0.5) is 4.39 Å². The van der Waals surface area contributed by atoms with Crippen molar-refractivity contribution in [2.45, 2.75) is 13.5 Å². The first-order valence-corrected chi connectivity index (χ1v) is 5.02. The van der Waals surface area contributed by atoms with E-state index in [1.807, 2.05) is 18.5 Å². The van der Waals surface area contributed by atoms with Gasteiger partial charge in [-0.05, 0) is 31.2 Å². The van der Waals surface area contributed by atoms with E-state index in [4.69, 9.17) is 4.74 Å². The molecule has 0 radical (unpaired) electrons. The maximum Gasteiger partial charge on any atom is 0.130 e. The molecule has 2 aromatic rings. The molecular weight excluding hydrogens is 207 g/mol. The molecular formula is C12H13FN2O. The van der Waals surface area contributed by atoms with Gasteiger partial charge in [0, 0.05) is 7.05 Å². The summed E-state index contributed by atoms with van der Waals surface area (Å²) in [6.07, 6.45) is 1.78. The van der Waals surface area contributed by atoms with Crippen LogP contribution in [0.25, 0.3) is 0 Å². The Balaban J connectivity index is 2.02. The Morgan fingerprint density at radius 1 is 1.31 bits per heavy atom. The molecule has 84 valence electrons. The summed E-state index contributed by atoms with van der Waals surface area (Å²) >= 11 is 0. The molecule has 0 fully saturated rings. The number of rotatable bonds is 3. The lowest BCUT2D eigenvalue weighted by Crippen LogP contribution is -2.02. The second-order valence-electron chi connectivity index (χ2n) is 3.60. The third-order valence-corrected chi connectivity index (χ3v) is 2.52. The highest BCUT2D eigenvalue weighted by Crippen LogP contribution is 2.13. The minimum absolute atomic E-state index is 0.260. The predicted octanol–water partition coefficient (Wildman–Crippen LogP) is 2.45. The lowest BCUT2D eigenvalue weighted by molar-refractivity contribution is 0.296. The highest BCUT2D eigenvalue weighted by atomic mass is 19.1. The molecule has 16 heavy (non-hydrogen) atoms. The molecule has 0 bridgehead atoms. The van der Waals surface area contributed by atoms with Crippen molar-refractivity contribution in [3.05, 3.63) is 47.8 Å². The number of halogens is 1. The SMILES string of the molecule is Cc1ncc(COc2ccc(F)cc2)n1C. The molecule has 4 heteroatoms. The molecule has 0 spiro atoms. The number of hydrogen-bond donors (Lipinski definition) is 0. The van der Waals surface area contributed by atoms with Crippen LogP contribution in [0.3, 0.4) is 0 Å². The zero-order valence-electron chi connectivity index (χ0n) is 9.27. The first-order valence-electron chi connectivity index (χ1n) is 5.02. The standard InChI is InChI=1S/C12H13FN2O/c1-9-14-7-11(15(9)2)8-16-12-5-3-10(13)4-6-12/h3-7H,8H2,1-2H3. The first kappa shape index (κ1) is 10.7. The van der Waals surface area contributed by atoms with Gasteiger partial charge in [-0.2, -0.15) is 0 Å². The molecule has 1 heterocycles. The van der Waals surface area contributed by atoms with Crippen molar-refractivity contribution < 1.29 is 9.13 Å². The summed E-state index contributed by atoms with van der Waals surface area (Å²) in [5, 5.41) is 0. The third-order valence-electron chi connectivity index (χ3n) is 2.52. The number of benzene rings is 1. The Morgan fingerprint density at radius 2 is 2.00 bits per heavy atom. The monoisotopic (exact) mass is 220 g/mol. The zero-order chi connectivity index (χ0) is 11.5. The summed E-state index contributed by atoms with van der Waals surface area (Å²) in [6, 6.07) is 5.98. The average molecular weight is 220 g/mol. The van der Waals surface area contributed by atoms with Gasteiger partial charge in [0.15, 0.2) is 0 Å². The normalized spacial score (nSPS) is 10.4. The van der Waals surface area contributed by atoms with Gasteiger partial charge >= 0.3 is 0 Å². The molecule has 3 nitrogen and oxygen atoms in total. The van der Waals surface area contributed by atoms with E-state index in [2.05, 4.69) is 4.98 Å². The highest BCUT2D eigenvalue weighted by molar-refractivity contribution is 5.22. The molecule has 2 rings (SSSR count). The topological polar surface area (TPSA) is 27.1 Å². The van der Waals surface area contributed by atoms with Crippen LogP contribution in [-0.4, -0.2) is 9.55 Å². The average Bonchev–Trinajstić information content (AvgIpc) is 2.60. The van der Waals surface area contributed by atoms with E-state index in [0.29, 0.717) is 12.4 Å². The summed E-state index contributed by atoms with van der Waals surface area (Å²) in [5.41, 5.74) is 0.988. The van der Waals surface area contributed by atoms with E-state index >= 15 is 0 Å². The number of hydrogen-bond acceptors (Lipinski definition) is 2. The molecule has 0 atom stereocenters. The molecule has 0 aliphatic carbocycles. The third kappa shape index (κ3) is 2.21. The summed E-state index contributed by atoms with van der Waals surface area (Å²) in [5.74, 6) is 1.33. The number of aryl methyl sites for hydroxylation is 1. The van der Waals surface area contributed by atoms with Crippen LogP contribution in [0, 0.1) is 12.7 Å². The van der Waals surface area contributed by atoms with Gasteiger partial charge in [0.25, 0.3) is 0 Å². The highest BCUT2D eigenvalue weighted by Gasteiger charge is 2.03. The van der Waals surface area contributed by atoms with Crippen molar-refractivity contribution in [3.63, 3.8) is 0 Å². The van der Waals surface area contributed by atoms with Gasteiger partial charge in [0.1, 0.15) is 24.0 Å².